The fourth-order valence-corrected chi connectivity index (χ4v) is 4.80. The van der Waals surface area contributed by atoms with Gasteiger partial charge in [-0.3, -0.25) is 0 Å². The van der Waals surface area contributed by atoms with Crippen LogP contribution in [0.2, 0.25) is 5.02 Å². The Kier molecular flexibility index (Phi) is 5.05. The predicted molar refractivity (Wildman–Crippen MR) is 109 cm³/mol. The Bertz CT molecular complexity index is 1170. The zero-order valence-corrected chi connectivity index (χ0v) is 16.4. The topological polar surface area (TPSA) is 77.8 Å². The first-order valence-electron chi connectivity index (χ1n) is 8.68. The highest BCUT2D eigenvalue weighted by atomic mass is 35.5. The molecule has 1 aromatic heterocycles. The number of hydrogen-bond acceptors (Lipinski definition) is 5. The van der Waals surface area contributed by atoms with E-state index in [4.69, 9.17) is 21.1 Å². The van der Waals surface area contributed by atoms with Gasteiger partial charge < -0.3 is 14.6 Å². The molecule has 0 fully saturated rings. The van der Waals surface area contributed by atoms with Gasteiger partial charge in [0, 0.05) is 10.4 Å². The number of fused-ring (bicyclic) bond motifs is 2. The third kappa shape index (κ3) is 3.61. The van der Waals surface area contributed by atoms with Crippen LogP contribution in [-0.4, -0.2) is 36.5 Å². The van der Waals surface area contributed by atoms with Crippen molar-refractivity contribution in [1.29, 1.82) is 0 Å². The standard InChI is InChI=1S/C20H18ClNO5S/c21-16-4-5-18-15(11-16)12-17(13-23)22(18)28(24,25)9-1-2-14-3-6-19-20(10-14)27-8-7-26-19/h1-6,10-12,23H,7-9,13H2. The zero-order chi connectivity index (χ0) is 19.7. The van der Waals surface area contributed by atoms with Gasteiger partial charge in [0.25, 0.3) is 0 Å². The van der Waals surface area contributed by atoms with Crippen molar-refractivity contribution in [2.24, 2.45) is 0 Å². The lowest BCUT2D eigenvalue weighted by Crippen LogP contribution is -2.17. The van der Waals surface area contributed by atoms with Crippen molar-refractivity contribution in [3.8, 4) is 11.5 Å². The fourth-order valence-electron chi connectivity index (χ4n) is 3.20. The maximum absolute atomic E-state index is 12.9. The summed E-state index contributed by atoms with van der Waals surface area (Å²) in [5.74, 6) is 1.11. The minimum Gasteiger partial charge on any atom is -0.486 e. The van der Waals surface area contributed by atoms with Crippen molar-refractivity contribution in [2.75, 3.05) is 19.0 Å². The highest BCUT2D eigenvalue weighted by Gasteiger charge is 2.19. The average molecular weight is 420 g/mol. The molecule has 0 saturated carbocycles. The number of aliphatic hydroxyl groups is 1. The van der Waals surface area contributed by atoms with E-state index in [0.29, 0.717) is 46.3 Å². The number of rotatable bonds is 5. The van der Waals surface area contributed by atoms with E-state index in [0.717, 1.165) is 5.56 Å². The largest absolute Gasteiger partial charge is 0.486 e. The average Bonchev–Trinajstić information content (AvgIpc) is 3.06. The summed E-state index contributed by atoms with van der Waals surface area (Å²) in [6.45, 7) is 0.615. The molecule has 2 heterocycles. The molecule has 0 radical (unpaired) electrons. The number of benzene rings is 2. The third-order valence-corrected chi connectivity index (χ3v) is 6.25. The highest BCUT2D eigenvalue weighted by molar-refractivity contribution is 7.90. The van der Waals surface area contributed by atoms with E-state index in [-0.39, 0.29) is 5.75 Å². The molecule has 6 nitrogen and oxygen atoms in total. The number of aliphatic hydroxyl groups excluding tert-OH is 1. The molecule has 3 aromatic rings. The minimum atomic E-state index is -3.72. The molecule has 0 saturated heterocycles. The van der Waals surface area contributed by atoms with E-state index in [1.54, 1.807) is 42.5 Å². The number of ether oxygens (including phenoxy) is 2. The molecule has 4 rings (SSSR count). The van der Waals surface area contributed by atoms with E-state index in [2.05, 4.69) is 0 Å². The number of halogens is 1. The lowest BCUT2D eigenvalue weighted by molar-refractivity contribution is 0.171. The molecule has 0 bridgehead atoms. The molecule has 0 aliphatic carbocycles. The van der Waals surface area contributed by atoms with Crippen molar-refractivity contribution in [3.05, 3.63) is 64.8 Å². The summed E-state index contributed by atoms with van der Waals surface area (Å²) in [5.41, 5.74) is 1.59. The highest BCUT2D eigenvalue weighted by Crippen LogP contribution is 2.31. The Morgan fingerprint density at radius 1 is 1.07 bits per heavy atom. The van der Waals surface area contributed by atoms with Crippen LogP contribution in [-0.2, 0) is 16.6 Å². The van der Waals surface area contributed by atoms with Crippen LogP contribution < -0.4 is 9.47 Å². The van der Waals surface area contributed by atoms with Gasteiger partial charge in [0.1, 0.15) is 13.2 Å². The maximum atomic E-state index is 12.9. The lowest BCUT2D eigenvalue weighted by atomic mass is 10.2. The summed E-state index contributed by atoms with van der Waals surface area (Å²) in [6, 6.07) is 12.0. The van der Waals surface area contributed by atoms with Gasteiger partial charge in [0.05, 0.1) is 23.6 Å². The molecule has 146 valence electrons. The lowest BCUT2D eigenvalue weighted by Gasteiger charge is -2.18. The van der Waals surface area contributed by atoms with E-state index >= 15 is 0 Å². The van der Waals surface area contributed by atoms with Gasteiger partial charge in [-0.2, -0.15) is 0 Å². The molecule has 28 heavy (non-hydrogen) atoms. The summed E-state index contributed by atoms with van der Waals surface area (Å²) in [4.78, 5) is 0. The zero-order valence-electron chi connectivity index (χ0n) is 14.8. The van der Waals surface area contributed by atoms with E-state index in [1.165, 1.54) is 3.97 Å². The molecule has 0 atom stereocenters. The maximum Gasteiger partial charge on any atom is 0.242 e. The molecule has 0 unspecified atom stereocenters. The van der Waals surface area contributed by atoms with Crippen LogP contribution >= 0.6 is 11.6 Å². The molecule has 8 heteroatoms. The first kappa shape index (κ1) is 18.9. The number of hydrogen-bond donors (Lipinski definition) is 1. The molecule has 1 N–H and O–H groups in total. The Morgan fingerprint density at radius 2 is 1.86 bits per heavy atom. The second-order valence-corrected chi connectivity index (χ2v) is 8.64. The van der Waals surface area contributed by atoms with Gasteiger partial charge in [-0.1, -0.05) is 29.8 Å². The second kappa shape index (κ2) is 7.50. The first-order valence-corrected chi connectivity index (χ1v) is 10.7. The van der Waals surface area contributed by atoms with Gasteiger partial charge in [-0.15, -0.1) is 0 Å². The summed E-state index contributed by atoms with van der Waals surface area (Å²) in [6.07, 6.45) is 3.29. The van der Waals surface area contributed by atoms with Gasteiger partial charge in [-0.25, -0.2) is 12.4 Å². The summed E-state index contributed by atoms with van der Waals surface area (Å²) in [7, 11) is -3.72. The van der Waals surface area contributed by atoms with E-state index in [9.17, 15) is 13.5 Å². The fraction of sp³-hybridized carbons (Fsp3) is 0.200. The van der Waals surface area contributed by atoms with Crippen LogP contribution in [0.1, 0.15) is 11.3 Å². The van der Waals surface area contributed by atoms with Crippen LogP contribution in [0.15, 0.2) is 48.5 Å². The van der Waals surface area contributed by atoms with Gasteiger partial charge in [-0.05, 0) is 42.0 Å². The molecule has 1 aliphatic rings. The minimum absolute atomic E-state index is 0.221. The van der Waals surface area contributed by atoms with Crippen molar-refractivity contribution in [2.45, 2.75) is 6.61 Å². The van der Waals surface area contributed by atoms with E-state index < -0.39 is 16.6 Å². The summed E-state index contributed by atoms with van der Waals surface area (Å²) < 4.78 is 38.0. The molecule has 0 amide bonds. The smallest absolute Gasteiger partial charge is 0.242 e. The van der Waals surface area contributed by atoms with Crippen LogP contribution in [0.4, 0.5) is 0 Å². The van der Waals surface area contributed by atoms with Crippen LogP contribution in [0.25, 0.3) is 17.0 Å². The van der Waals surface area contributed by atoms with Gasteiger partial charge >= 0.3 is 0 Å². The predicted octanol–water partition coefficient (Wildman–Crippen LogP) is 3.45. The molecule has 2 aromatic carbocycles. The normalized spacial score (nSPS) is 14.1. The van der Waals surface area contributed by atoms with Crippen molar-refractivity contribution in [3.63, 3.8) is 0 Å². The number of nitrogens with zero attached hydrogens (tertiary/aromatic N) is 1. The van der Waals surface area contributed by atoms with Crippen molar-refractivity contribution in [1.82, 2.24) is 3.97 Å². The van der Waals surface area contributed by atoms with Crippen LogP contribution in [0.3, 0.4) is 0 Å². The van der Waals surface area contributed by atoms with E-state index in [1.807, 2.05) is 12.1 Å². The third-order valence-electron chi connectivity index (χ3n) is 4.41. The Morgan fingerprint density at radius 3 is 2.64 bits per heavy atom. The quantitative estimate of drug-likeness (QED) is 0.685. The molecular formula is C20H18ClNO5S. The summed E-state index contributed by atoms with van der Waals surface area (Å²) in [5, 5.41) is 10.8. The van der Waals surface area contributed by atoms with Crippen LogP contribution in [0.5, 0.6) is 11.5 Å². The molecule has 0 spiro atoms. The number of aromatic nitrogens is 1. The van der Waals surface area contributed by atoms with Crippen molar-refractivity contribution >= 4 is 38.6 Å². The molecular weight excluding hydrogens is 402 g/mol. The summed E-state index contributed by atoms with van der Waals surface area (Å²) >= 11 is 5.99. The Balaban J connectivity index is 1.61. The van der Waals surface area contributed by atoms with Gasteiger partial charge in [0.2, 0.25) is 10.0 Å². The first-order chi connectivity index (χ1) is 13.5. The second-order valence-electron chi connectivity index (χ2n) is 6.35. The molecule has 1 aliphatic heterocycles. The Hall–Kier alpha value is -2.48. The van der Waals surface area contributed by atoms with Crippen molar-refractivity contribution < 1.29 is 23.0 Å². The van der Waals surface area contributed by atoms with Gasteiger partial charge in [0.15, 0.2) is 11.5 Å². The Labute approximate surface area is 167 Å². The van der Waals surface area contributed by atoms with Crippen LogP contribution in [0, 0.1) is 0 Å². The SMILES string of the molecule is O=S(=O)(CC=Cc1ccc2c(c1)OCCO2)n1c(CO)cc2cc(Cl)ccc21. The monoisotopic (exact) mass is 419 g/mol.